The third-order valence-corrected chi connectivity index (χ3v) is 3.24. The fourth-order valence-electron chi connectivity index (χ4n) is 2.25. The van der Waals surface area contributed by atoms with E-state index in [1.54, 1.807) is 0 Å². The van der Waals surface area contributed by atoms with Gasteiger partial charge in [0.1, 0.15) is 0 Å². The van der Waals surface area contributed by atoms with E-state index in [-0.39, 0.29) is 5.35 Å². The van der Waals surface area contributed by atoms with Crippen molar-refractivity contribution in [1.82, 2.24) is 10.1 Å². The van der Waals surface area contributed by atoms with Crippen LogP contribution in [0.25, 0.3) is 11.4 Å². The minimum Gasteiger partial charge on any atom is -0.374 e. The maximum atomic E-state index is 5.63. The molecule has 2 aromatic rings. The van der Waals surface area contributed by atoms with Gasteiger partial charge in [0.05, 0.1) is 0 Å². The number of aryl methyl sites for hydroxylation is 1. The average molecular weight is 250 g/mol. The number of benzene rings is 1. The van der Waals surface area contributed by atoms with Gasteiger partial charge in [-0.05, 0) is 48.2 Å². The molecule has 0 radical (unpaired) electrons. The average Bonchev–Trinajstić information content (AvgIpc) is 2.76. The van der Waals surface area contributed by atoms with E-state index in [1.165, 1.54) is 17.7 Å². The van der Waals surface area contributed by atoms with E-state index in [0.29, 0.717) is 5.82 Å². The van der Waals surface area contributed by atoms with E-state index in [9.17, 15) is 0 Å². The first-order chi connectivity index (χ1) is 8.24. The molecule has 1 aliphatic heterocycles. The number of halogens is 1. The van der Waals surface area contributed by atoms with E-state index in [0.717, 1.165) is 18.5 Å². The SMILES string of the molecule is CN1CCCc2cc(-c3noc(Cl)n3)ccc21. The van der Waals surface area contributed by atoms with E-state index in [4.69, 9.17) is 16.1 Å². The Balaban J connectivity index is 2.03. The number of rotatable bonds is 1. The Labute approximate surface area is 104 Å². The van der Waals surface area contributed by atoms with Crippen LogP contribution in [0.5, 0.6) is 0 Å². The Bertz CT molecular complexity index is 552. The Morgan fingerprint density at radius 1 is 1.41 bits per heavy atom. The van der Waals surface area contributed by atoms with Crippen LogP contribution in [0.1, 0.15) is 12.0 Å². The van der Waals surface area contributed by atoms with E-state index in [2.05, 4.69) is 34.2 Å². The molecule has 1 aromatic carbocycles. The molecule has 0 unspecified atom stereocenters. The van der Waals surface area contributed by atoms with Crippen molar-refractivity contribution in [3.8, 4) is 11.4 Å². The van der Waals surface area contributed by atoms with Crippen molar-refractivity contribution in [2.75, 3.05) is 18.5 Å². The summed E-state index contributed by atoms with van der Waals surface area (Å²) in [6, 6.07) is 6.22. The van der Waals surface area contributed by atoms with Crippen LogP contribution >= 0.6 is 11.6 Å². The fraction of sp³-hybridized carbons (Fsp3) is 0.333. The highest BCUT2D eigenvalue weighted by Crippen LogP contribution is 2.30. The number of nitrogens with zero attached hydrogens (tertiary/aromatic N) is 3. The summed E-state index contributed by atoms with van der Waals surface area (Å²) in [5.41, 5.74) is 3.57. The van der Waals surface area contributed by atoms with Crippen molar-refractivity contribution in [2.45, 2.75) is 12.8 Å². The quantitative estimate of drug-likeness (QED) is 0.779. The number of aromatic nitrogens is 2. The molecular formula is C12H12ClN3O. The minimum absolute atomic E-state index is 0.0786. The summed E-state index contributed by atoms with van der Waals surface area (Å²) < 4.78 is 4.78. The molecule has 17 heavy (non-hydrogen) atoms. The molecule has 0 atom stereocenters. The maximum absolute atomic E-state index is 5.63. The topological polar surface area (TPSA) is 42.2 Å². The van der Waals surface area contributed by atoms with Crippen molar-refractivity contribution in [3.05, 3.63) is 29.1 Å². The predicted molar refractivity (Wildman–Crippen MR) is 66.3 cm³/mol. The van der Waals surface area contributed by atoms with E-state index in [1.807, 2.05) is 6.07 Å². The molecule has 0 amide bonds. The molecule has 0 N–H and O–H groups in total. The summed E-state index contributed by atoms with van der Waals surface area (Å²) in [6.45, 7) is 1.11. The molecule has 0 saturated carbocycles. The lowest BCUT2D eigenvalue weighted by Gasteiger charge is -2.27. The molecular weight excluding hydrogens is 238 g/mol. The van der Waals surface area contributed by atoms with Gasteiger partial charge in [-0.25, -0.2) is 0 Å². The summed E-state index contributed by atoms with van der Waals surface area (Å²) in [7, 11) is 2.11. The molecule has 4 nitrogen and oxygen atoms in total. The first kappa shape index (κ1) is 10.6. The summed E-state index contributed by atoms with van der Waals surface area (Å²) in [4.78, 5) is 6.29. The molecule has 1 aliphatic rings. The molecule has 0 spiro atoms. The van der Waals surface area contributed by atoms with Gasteiger partial charge in [-0.15, -0.1) is 0 Å². The van der Waals surface area contributed by atoms with Gasteiger partial charge in [-0.3, -0.25) is 0 Å². The lowest BCUT2D eigenvalue weighted by Crippen LogP contribution is -2.24. The zero-order valence-corrected chi connectivity index (χ0v) is 10.2. The van der Waals surface area contributed by atoms with Crippen molar-refractivity contribution >= 4 is 17.3 Å². The molecule has 0 bridgehead atoms. The van der Waals surface area contributed by atoms with Crippen LogP contribution in [-0.2, 0) is 6.42 Å². The van der Waals surface area contributed by atoms with Crippen LogP contribution in [0.15, 0.2) is 22.7 Å². The van der Waals surface area contributed by atoms with Crippen molar-refractivity contribution in [1.29, 1.82) is 0 Å². The summed E-state index contributed by atoms with van der Waals surface area (Å²) in [6.07, 6.45) is 2.28. The molecule has 3 rings (SSSR count). The normalized spacial score (nSPS) is 14.8. The van der Waals surface area contributed by atoms with Crippen LogP contribution in [-0.4, -0.2) is 23.7 Å². The third kappa shape index (κ3) is 1.89. The highest BCUT2D eigenvalue weighted by atomic mass is 35.5. The summed E-state index contributed by atoms with van der Waals surface area (Å²) >= 11 is 5.63. The molecule has 1 aromatic heterocycles. The standard InChI is InChI=1S/C12H12ClN3O/c1-16-6-2-3-8-7-9(4-5-10(8)16)11-14-12(13)17-15-11/h4-5,7H,2-3,6H2,1H3. The van der Waals surface area contributed by atoms with E-state index >= 15 is 0 Å². The van der Waals surface area contributed by atoms with Gasteiger partial charge in [0.15, 0.2) is 0 Å². The number of fused-ring (bicyclic) bond motifs is 1. The third-order valence-electron chi connectivity index (χ3n) is 3.09. The highest BCUT2D eigenvalue weighted by Gasteiger charge is 2.15. The van der Waals surface area contributed by atoms with Gasteiger partial charge < -0.3 is 9.42 Å². The highest BCUT2D eigenvalue weighted by molar-refractivity contribution is 6.27. The van der Waals surface area contributed by atoms with Gasteiger partial charge in [0.25, 0.3) is 0 Å². The van der Waals surface area contributed by atoms with Crippen LogP contribution in [0, 0.1) is 0 Å². The van der Waals surface area contributed by atoms with Gasteiger partial charge in [-0.2, -0.15) is 4.98 Å². The van der Waals surface area contributed by atoms with Crippen molar-refractivity contribution < 1.29 is 4.52 Å². The lowest BCUT2D eigenvalue weighted by molar-refractivity contribution is 0.421. The Morgan fingerprint density at radius 2 is 2.29 bits per heavy atom. The monoisotopic (exact) mass is 249 g/mol. The first-order valence-corrected chi connectivity index (χ1v) is 5.95. The van der Waals surface area contributed by atoms with E-state index < -0.39 is 0 Å². The number of hydrogen-bond donors (Lipinski definition) is 0. The summed E-state index contributed by atoms with van der Waals surface area (Å²) in [5, 5.41) is 3.90. The molecule has 0 saturated heterocycles. The number of anilines is 1. The summed E-state index contributed by atoms with van der Waals surface area (Å²) in [5.74, 6) is 0.547. The Morgan fingerprint density at radius 3 is 3.06 bits per heavy atom. The van der Waals surface area contributed by atoms with Crippen molar-refractivity contribution in [3.63, 3.8) is 0 Å². The minimum atomic E-state index is 0.0786. The molecule has 0 fully saturated rings. The smallest absolute Gasteiger partial charge is 0.320 e. The van der Waals surface area contributed by atoms with Crippen LogP contribution in [0.4, 0.5) is 5.69 Å². The zero-order chi connectivity index (χ0) is 11.8. The molecule has 0 aliphatic carbocycles. The Hall–Kier alpha value is -1.55. The Kier molecular flexibility index (Phi) is 2.52. The molecule has 88 valence electrons. The predicted octanol–water partition coefficient (Wildman–Crippen LogP) is 2.77. The number of hydrogen-bond acceptors (Lipinski definition) is 4. The second-order valence-electron chi connectivity index (χ2n) is 4.24. The second-order valence-corrected chi connectivity index (χ2v) is 4.56. The van der Waals surface area contributed by atoms with Gasteiger partial charge in [0.2, 0.25) is 5.82 Å². The van der Waals surface area contributed by atoms with Gasteiger partial charge in [0, 0.05) is 24.8 Å². The van der Waals surface area contributed by atoms with Crippen LogP contribution in [0.2, 0.25) is 5.35 Å². The van der Waals surface area contributed by atoms with Crippen LogP contribution in [0.3, 0.4) is 0 Å². The maximum Gasteiger partial charge on any atom is 0.320 e. The van der Waals surface area contributed by atoms with Crippen LogP contribution < -0.4 is 4.90 Å². The van der Waals surface area contributed by atoms with Crippen molar-refractivity contribution in [2.24, 2.45) is 0 Å². The van der Waals surface area contributed by atoms with Gasteiger partial charge in [-0.1, -0.05) is 5.16 Å². The fourth-order valence-corrected chi connectivity index (χ4v) is 2.36. The van der Waals surface area contributed by atoms with Gasteiger partial charge >= 0.3 is 5.35 Å². The molecule has 5 heteroatoms. The second kappa shape index (κ2) is 4.04. The molecule has 2 heterocycles. The largest absolute Gasteiger partial charge is 0.374 e. The first-order valence-electron chi connectivity index (χ1n) is 5.58. The lowest BCUT2D eigenvalue weighted by atomic mass is 9.99. The zero-order valence-electron chi connectivity index (χ0n) is 9.48.